The number of ether oxygens (including phenoxy) is 1. The molecule has 0 bridgehead atoms. The Kier molecular flexibility index (Phi) is 3.75. The summed E-state index contributed by atoms with van der Waals surface area (Å²) in [7, 11) is 0.934. The predicted molar refractivity (Wildman–Crippen MR) is 54.2 cm³/mol. The molecule has 1 aromatic rings. The Morgan fingerprint density at radius 1 is 1.47 bits per heavy atom. The number of alkyl halides is 3. The highest BCUT2D eigenvalue weighted by molar-refractivity contribution is 5.91. The van der Waals surface area contributed by atoms with Crippen molar-refractivity contribution in [3.8, 4) is 6.07 Å². The fourth-order valence-electron chi connectivity index (χ4n) is 1.37. The molecule has 0 aliphatic carbocycles. The van der Waals surface area contributed by atoms with E-state index in [9.17, 15) is 28.1 Å². The zero-order chi connectivity index (χ0) is 14.8. The van der Waals surface area contributed by atoms with E-state index in [2.05, 4.69) is 4.74 Å². The maximum absolute atomic E-state index is 12.7. The zero-order valence-corrected chi connectivity index (χ0v) is 9.32. The predicted octanol–water partition coefficient (Wildman–Crippen LogP) is 2.27. The summed E-state index contributed by atoms with van der Waals surface area (Å²) >= 11 is 0. The summed E-state index contributed by atoms with van der Waals surface area (Å²) in [5.41, 5.74) is -4.50. The molecule has 0 radical (unpaired) electrons. The second kappa shape index (κ2) is 4.93. The van der Waals surface area contributed by atoms with Gasteiger partial charge in [0, 0.05) is 0 Å². The molecule has 0 aliphatic heterocycles. The van der Waals surface area contributed by atoms with E-state index in [0.29, 0.717) is 6.07 Å². The smallest absolute Gasteiger partial charge is 0.423 e. The minimum absolute atomic E-state index is 0.283. The average Bonchev–Trinajstić information content (AvgIpc) is 2.34. The number of hydrogen-bond donors (Lipinski definition) is 0. The van der Waals surface area contributed by atoms with E-state index in [1.807, 2.05) is 0 Å². The van der Waals surface area contributed by atoms with Crippen molar-refractivity contribution < 1.29 is 27.6 Å². The third kappa shape index (κ3) is 2.79. The molecule has 0 heterocycles. The maximum Gasteiger partial charge on any atom is 0.423 e. The highest BCUT2D eigenvalue weighted by Gasteiger charge is 2.41. The summed E-state index contributed by atoms with van der Waals surface area (Å²) in [5, 5.41) is 19.3. The van der Waals surface area contributed by atoms with E-state index in [1.54, 1.807) is 0 Å². The first-order valence-electron chi connectivity index (χ1n) is 4.60. The minimum atomic E-state index is -5.07. The van der Waals surface area contributed by atoms with E-state index in [4.69, 9.17) is 5.26 Å². The lowest BCUT2D eigenvalue weighted by Gasteiger charge is -2.10. The van der Waals surface area contributed by atoms with Crippen molar-refractivity contribution in [3.63, 3.8) is 0 Å². The molecule has 0 atom stereocenters. The van der Waals surface area contributed by atoms with E-state index < -0.39 is 39.4 Å². The molecule has 0 saturated heterocycles. The van der Waals surface area contributed by atoms with Crippen molar-refractivity contribution in [2.24, 2.45) is 0 Å². The van der Waals surface area contributed by atoms with Gasteiger partial charge in [-0.1, -0.05) is 0 Å². The van der Waals surface area contributed by atoms with Crippen LogP contribution in [0.15, 0.2) is 12.1 Å². The number of methoxy groups -OCH3 is 1. The van der Waals surface area contributed by atoms with Gasteiger partial charge in [-0.05, 0) is 12.1 Å². The highest BCUT2D eigenvalue weighted by atomic mass is 19.4. The fourth-order valence-corrected chi connectivity index (χ4v) is 1.37. The Balaban J connectivity index is 3.71. The summed E-state index contributed by atoms with van der Waals surface area (Å²) in [6.45, 7) is 0. The van der Waals surface area contributed by atoms with Gasteiger partial charge in [0.2, 0.25) is 0 Å². The number of nitriles is 1. The van der Waals surface area contributed by atoms with E-state index in [0.717, 1.165) is 7.11 Å². The minimum Gasteiger partial charge on any atom is -0.465 e. The molecule has 0 unspecified atom stereocenters. The number of esters is 1. The van der Waals surface area contributed by atoms with Crippen LogP contribution in [0.5, 0.6) is 0 Å². The van der Waals surface area contributed by atoms with Crippen LogP contribution >= 0.6 is 0 Å². The van der Waals surface area contributed by atoms with Gasteiger partial charge in [-0.25, -0.2) is 4.79 Å². The van der Waals surface area contributed by atoms with Crippen LogP contribution in [0.2, 0.25) is 0 Å². The van der Waals surface area contributed by atoms with Gasteiger partial charge in [-0.2, -0.15) is 18.4 Å². The Labute approximate surface area is 104 Å². The first-order chi connectivity index (χ1) is 8.72. The molecule has 0 fully saturated rings. The van der Waals surface area contributed by atoms with E-state index >= 15 is 0 Å². The Bertz CT molecular complexity index is 590. The van der Waals surface area contributed by atoms with Crippen molar-refractivity contribution in [1.82, 2.24) is 0 Å². The van der Waals surface area contributed by atoms with Crippen LogP contribution in [0.3, 0.4) is 0 Å². The van der Waals surface area contributed by atoms with Gasteiger partial charge in [-0.15, -0.1) is 0 Å². The number of rotatable bonds is 2. The van der Waals surface area contributed by atoms with Gasteiger partial charge >= 0.3 is 12.1 Å². The van der Waals surface area contributed by atoms with E-state index in [1.165, 1.54) is 6.07 Å². The number of nitro benzene ring substituents is 1. The van der Waals surface area contributed by atoms with Crippen LogP contribution in [0.25, 0.3) is 0 Å². The summed E-state index contributed by atoms with van der Waals surface area (Å²) in [6, 6.07) is 2.22. The third-order valence-electron chi connectivity index (χ3n) is 2.14. The van der Waals surface area contributed by atoms with Gasteiger partial charge in [-0.3, -0.25) is 10.1 Å². The number of nitrogens with zero attached hydrogens (tertiary/aromatic N) is 2. The molecule has 9 heteroatoms. The lowest BCUT2D eigenvalue weighted by molar-refractivity contribution is -0.388. The Morgan fingerprint density at radius 2 is 2.05 bits per heavy atom. The summed E-state index contributed by atoms with van der Waals surface area (Å²) in [4.78, 5) is 20.5. The zero-order valence-electron chi connectivity index (χ0n) is 9.32. The number of carbonyl (C=O) groups is 1. The van der Waals surface area contributed by atoms with Crippen molar-refractivity contribution in [2.75, 3.05) is 7.11 Å². The second-order valence-electron chi connectivity index (χ2n) is 3.28. The van der Waals surface area contributed by atoms with Crippen molar-refractivity contribution in [3.05, 3.63) is 38.9 Å². The number of hydrogen-bond acceptors (Lipinski definition) is 5. The quantitative estimate of drug-likeness (QED) is 0.468. The van der Waals surface area contributed by atoms with E-state index in [-0.39, 0.29) is 6.07 Å². The number of carbonyl (C=O) groups excluding carboxylic acids is 1. The largest absolute Gasteiger partial charge is 0.465 e. The molecule has 100 valence electrons. The molecular weight excluding hydrogens is 269 g/mol. The van der Waals surface area contributed by atoms with Gasteiger partial charge in [0.05, 0.1) is 17.6 Å². The first-order valence-corrected chi connectivity index (χ1v) is 4.60. The van der Waals surface area contributed by atoms with Gasteiger partial charge in [0.1, 0.15) is 17.2 Å². The molecule has 0 saturated carbocycles. The summed E-state index contributed by atoms with van der Waals surface area (Å²) in [6.07, 6.45) is -5.07. The molecular formula is C10H5F3N2O4. The molecule has 0 aliphatic rings. The molecule has 19 heavy (non-hydrogen) atoms. The standard InChI is InChI=1S/C10H5F3N2O4/c1-19-9(16)5-2-6(4-14)8(15(17)18)7(3-5)10(11,12)13/h2-3H,1H3. The number of halogens is 3. The molecule has 0 N–H and O–H groups in total. The van der Waals surface area contributed by atoms with Crippen LogP contribution in [-0.2, 0) is 10.9 Å². The van der Waals surface area contributed by atoms with Crippen LogP contribution in [-0.4, -0.2) is 18.0 Å². The van der Waals surface area contributed by atoms with Crippen molar-refractivity contribution in [2.45, 2.75) is 6.18 Å². The Hall–Kier alpha value is -2.63. The summed E-state index contributed by atoms with van der Waals surface area (Å²) in [5.74, 6) is -1.13. The van der Waals surface area contributed by atoms with Gasteiger partial charge in [0.25, 0.3) is 5.69 Å². The SMILES string of the molecule is COC(=O)c1cc(C#N)c([N+](=O)[O-])c(C(F)(F)F)c1. The lowest BCUT2D eigenvalue weighted by Crippen LogP contribution is -2.13. The Morgan fingerprint density at radius 3 is 2.42 bits per heavy atom. The summed E-state index contributed by atoms with van der Waals surface area (Å²) < 4.78 is 42.3. The van der Waals surface area contributed by atoms with Crippen molar-refractivity contribution >= 4 is 11.7 Å². The molecule has 1 aromatic carbocycles. The topological polar surface area (TPSA) is 93.2 Å². The van der Waals surface area contributed by atoms with Crippen LogP contribution in [0, 0.1) is 21.4 Å². The van der Waals surface area contributed by atoms with Gasteiger partial charge < -0.3 is 4.74 Å². The van der Waals surface area contributed by atoms with Gasteiger partial charge in [0.15, 0.2) is 0 Å². The molecule has 0 amide bonds. The maximum atomic E-state index is 12.7. The molecule has 0 spiro atoms. The second-order valence-corrected chi connectivity index (χ2v) is 3.28. The van der Waals surface area contributed by atoms with Crippen LogP contribution < -0.4 is 0 Å². The average molecular weight is 274 g/mol. The molecule has 1 rings (SSSR count). The van der Waals surface area contributed by atoms with Crippen LogP contribution in [0.4, 0.5) is 18.9 Å². The molecule has 6 nitrogen and oxygen atoms in total. The van der Waals surface area contributed by atoms with Crippen LogP contribution in [0.1, 0.15) is 21.5 Å². The normalized spacial score (nSPS) is 10.7. The highest BCUT2D eigenvalue weighted by Crippen LogP contribution is 2.38. The first kappa shape index (κ1) is 14.4. The monoisotopic (exact) mass is 274 g/mol. The third-order valence-corrected chi connectivity index (χ3v) is 2.14. The number of nitro groups is 1. The molecule has 0 aromatic heterocycles. The fraction of sp³-hybridized carbons (Fsp3) is 0.200. The lowest BCUT2D eigenvalue weighted by atomic mass is 10.0. The number of benzene rings is 1. The van der Waals surface area contributed by atoms with Crippen molar-refractivity contribution in [1.29, 1.82) is 5.26 Å².